The van der Waals surface area contributed by atoms with Crippen LogP contribution in [0.4, 0.5) is 0 Å². The Morgan fingerprint density at radius 1 is 0.450 bits per heavy atom. The molecule has 40 heavy (non-hydrogen) atoms. The van der Waals surface area contributed by atoms with Crippen molar-refractivity contribution in [3.63, 3.8) is 0 Å². The van der Waals surface area contributed by atoms with Crippen LogP contribution < -0.4 is 0 Å². The van der Waals surface area contributed by atoms with Crippen LogP contribution in [0.5, 0.6) is 0 Å². The van der Waals surface area contributed by atoms with Crippen molar-refractivity contribution < 1.29 is 14.2 Å². The molecular formula is C37H60O3. The van der Waals surface area contributed by atoms with Crippen LogP contribution >= 0.6 is 0 Å². The molecule has 3 fully saturated rings. The Labute approximate surface area is 247 Å². The van der Waals surface area contributed by atoms with E-state index in [0.29, 0.717) is 0 Å². The molecule has 0 unspecified atom stereocenters. The molecule has 3 heteroatoms. The minimum Gasteiger partial charge on any atom is -0.327 e. The van der Waals surface area contributed by atoms with Crippen LogP contribution in [0.2, 0.25) is 0 Å². The molecule has 3 saturated heterocycles. The summed E-state index contributed by atoms with van der Waals surface area (Å²) >= 11 is 0. The van der Waals surface area contributed by atoms with Crippen LogP contribution in [0, 0.1) is 5.41 Å². The lowest BCUT2D eigenvalue weighted by molar-refractivity contribution is -0.467. The van der Waals surface area contributed by atoms with Crippen LogP contribution in [0.15, 0.2) is 72.9 Å². The van der Waals surface area contributed by atoms with Gasteiger partial charge in [0.1, 0.15) is 0 Å². The number of fused-ring (bicyclic) bond motifs is 3. The van der Waals surface area contributed by atoms with E-state index in [1.165, 1.54) is 64.2 Å². The summed E-state index contributed by atoms with van der Waals surface area (Å²) in [6.45, 7) is 6.66. The van der Waals surface area contributed by atoms with Gasteiger partial charge in [-0.05, 0) is 57.8 Å². The Morgan fingerprint density at radius 3 is 1.23 bits per heavy atom. The normalized spacial score (nSPS) is 23.6. The maximum atomic E-state index is 5.87. The van der Waals surface area contributed by atoms with E-state index < -0.39 is 5.97 Å². The lowest BCUT2D eigenvalue weighted by Crippen LogP contribution is -2.58. The molecule has 0 atom stereocenters. The molecular weight excluding hydrogens is 492 g/mol. The third-order valence-electron chi connectivity index (χ3n) is 7.62. The summed E-state index contributed by atoms with van der Waals surface area (Å²) in [7, 11) is 0. The Balaban J connectivity index is 1.27. The highest BCUT2D eigenvalue weighted by Crippen LogP contribution is 2.40. The third-order valence-corrected chi connectivity index (χ3v) is 7.62. The Morgan fingerprint density at radius 2 is 0.800 bits per heavy atom. The van der Waals surface area contributed by atoms with Gasteiger partial charge in [0, 0.05) is 11.8 Å². The molecule has 0 aromatic heterocycles. The van der Waals surface area contributed by atoms with E-state index in [-0.39, 0.29) is 5.41 Å². The van der Waals surface area contributed by atoms with Crippen molar-refractivity contribution in [1.82, 2.24) is 0 Å². The second-order valence-corrected chi connectivity index (χ2v) is 11.8. The molecule has 2 bridgehead atoms. The molecule has 3 nitrogen and oxygen atoms in total. The Hall–Kier alpha value is -1.68. The fourth-order valence-corrected chi connectivity index (χ4v) is 4.98. The first-order valence-electron chi connectivity index (χ1n) is 16.5. The molecule has 3 aliphatic rings. The second-order valence-electron chi connectivity index (χ2n) is 11.8. The van der Waals surface area contributed by atoms with Crippen molar-refractivity contribution in [2.75, 3.05) is 19.8 Å². The van der Waals surface area contributed by atoms with Gasteiger partial charge in [0.25, 0.3) is 5.97 Å². The molecule has 0 saturated carbocycles. The van der Waals surface area contributed by atoms with Crippen LogP contribution in [0.3, 0.4) is 0 Å². The minimum absolute atomic E-state index is 0.0653. The highest BCUT2D eigenvalue weighted by molar-refractivity contribution is 5.01. The monoisotopic (exact) mass is 552 g/mol. The van der Waals surface area contributed by atoms with Gasteiger partial charge in [0.2, 0.25) is 0 Å². The molecule has 0 N–H and O–H groups in total. The van der Waals surface area contributed by atoms with Crippen LogP contribution in [-0.2, 0) is 14.2 Å². The zero-order valence-corrected chi connectivity index (χ0v) is 26.0. The second kappa shape index (κ2) is 22.9. The Kier molecular flexibility index (Phi) is 19.8. The predicted molar refractivity (Wildman–Crippen MR) is 172 cm³/mol. The predicted octanol–water partition coefficient (Wildman–Crippen LogP) is 11.1. The van der Waals surface area contributed by atoms with Crippen molar-refractivity contribution >= 4 is 0 Å². The number of ether oxygens (including phenoxy) is 3. The number of hydrogen-bond acceptors (Lipinski definition) is 3. The zero-order chi connectivity index (χ0) is 28.5. The fraction of sp³-hybridized carbons (Fsp3) is 0.676. The molecule has 0 radical (unpaired) electrons. The van der Waals surface area contributed by atoms with Crippen molar-refractivity contribution in [3.8, 4) is 0 Å². The minimum atomic E-state index is -0.720. The van der Waals surface area contributed by atoms with Crippen molar-refractivity contribution in [2.45, 2.75) is 135 Å². The van der Waals surface area contributed by atoms with E-state index in [1.54, 1.807) is 0 Å². The molecule has 226 valence electrons. The molecule has 3 heterocycles. The summed E-state index contributed by atoms with van der Waals surface area (Å²) in [6.07, 6.45) is 48.9. The van der Waals surface area contributed by atoms with E-state index in [4.69, 9.17) is 14.2 Å². The summed E-state index contributed by atoms with van der Waals surface area (Å²) in [5, 5.41) is 0. The molecule has 0 aliphatic carbocycles. The van der Waals surface area contributed by atoms with Crippen molar-refractivity contribution in [2.24, 2.45) is 5.41 Å². The SMILES string of the molecule is CC/C=C\C/C=C\C/C=C\C/C=C\C/C=C\C/C=C\CCCCCCCCCCCCC12OCC(C)(CO1)CO2. The molecule has 0 amide bonds. The summed E-state index contributed by atoms with van der Waals surface area (Å²) in [4.78, 5) is 0. The first-order valence-corrected chi connectivity index (χ1v) is 16.5. The molecule has 0 spiro atoms. The van der Waals surface area contributed by atoms with Gasteiger partial charge in [0.15, 0.2) is 0 Å². The molecule has 0 aromatic rings. The van der Waals surface area contributed by atoms with Gasteiger partial charge in [-0.2, -0.15) is 0 Å². The first-order chi connectivity index (χ1) is 19.7. The fourth-order valence-electron chi connectivity index (χ4n) is 4.98. The van der Waals surface area contributed by atoms with E-state index in [0.717, 1.165) is 71.2 Å². The molecule has 3 aliphatic heterocycles. The topological polar surface area (TPSA) is 27.7 Å². The van der Waals surface area contributed by atoms with Crippen LogP contribution in [0.25, 0.3) is 0 Å². The highest BCUT2D eigenvalue weighted by atomic mass is 16.9. The van der Waals surface area contributed by atoms with Gasteiger partial charge in [-0.25, -0.2) is 0 Å². The van der Waals surface area contributed by atoms with E-state index in [9.17, 15) is 0 Å². The third kappa shape index (κ3) is 17.2. The quantitative estimate of drug-likeness (QED) is 0.0880. The van der Waals surface area contributed by atoms with Gasteiger partial charge >= 0.3 is 0 Å². The van der Waals surface area contributed by atoms with Gasteiger partial charge in [-0.15, -0.1) is 0 Å². The molecule has 0 aromatic carbocycles. The van der Waals surface area contributed by atoms with Gasteiger partial charge < -0.3 is 14.2 Å². The van der Waals surface area contributed by atoms with Crippen LogP contribution in [0.1, 0.15) is 129 Å². The van der Waals surface area contributed by atoms with Crippen LogP contribution in [-0.4, -0.2) is 25.8 Å². The maximum Gasteiger partial charge on any atom is 0.282 e. The summed E-state index contributed by atoms with van der Waals surface area (Å²) in [5.41, 5.74) is 0.0653. The van der Waals surface area contributed by atoms with Crippen molar-refractivity contribution in [3.05, 3.63) is 72.9 Å². The van der Waals surface area contributed by atoms with Gasteiger partial charge in [-0.3, -0.25) is 0 Å². The smallest absolute Gasteiger partial charge is 0.282 e. The maximum absolute atomic E-state index is 5.87. The zero-order valence-electron chi connectivity index (χ0n) is 26.0. The van der Waals surface area contributed by atoms with E-state index in [2.05, 4.69) is 86.8 Å². The number of hydrogen-bond donors (Lipinski definition) is 0. The summed E-state index contributed by atoms with van der Waals surface area (Å²) in [6, 6.07) is 0. The average molecular weight is 553 g/mol. The number of allylic oxidation sites excluding steroid dienone is 12. The number of rotatable bonds is 24. The first kappa shape index (κ1) is 34.5. The van der Waals surface area contributed by atoms with E-state index in [1.807, 2.05) is 0 Å². The largest absolute Gasteiger partial charge is 0.327 e. The van der Waals surface area contributed by atoms with Gasteiger partial charge in [-0.1, -0.05) is 138 Å². The summed E-state index contributed by atoms with van der Waals surface area (Å²) in [5.74, 6) is -0.720. The van der Waals surface area contributed by atoms with E-state index >= 15 is 0 Å². The lowest BCUT2D eigenvalue weighted by Gasteiger charge is -2.50. The number of unbranched alkanes of at least 4 members (excludes halogenated alkanes) is 10. The summed E-state index contributed by atoms with van der Waals surface area (Å²) < 4.78 is 17.6. The highest BCUT2D eigenvalue weighted by Gasteiger charge is 2.49. The standard InChI is InChI=1S/C37H60O3/c1-3-4-5-6-7-8-9-10-11-12-13-14-15-16-17-18-19-20-21-22-23-24-25-26-27-28-29-30-31-32-37-38-33-36(2,34-39-37)35-40-37/h4-5,7-8,10-11,13-14,16-17,19-20H,3,6,9,12,15,18,21-35H2,1-2H3/b5-4-,8-7-,11-10-,14-13-,17-16-,20-19-. The van der Waals surface area contributed by atoms with Gasteiger partial charge in [0.05, 0.1) is 19.8 Å². The average Bonchev–Trinajstić information content (AvgIpc) is 2.97. The van der Waals surface area contributed by atoms with Crippen molar-refractivity contribution in [1.29, 1.82) is 0 Å². The lowest BCUT2D eigenvalue weighted by atomic mass is 9.91. The molecule has 3 rings (SSSR count). The Bertz CT molecular complexity index is 761.